The Hall–Kier alpha value is -1.84. The highest BCUT2D eigenvalue weighted by atomic mass is 16.5. The summed E-state index contributed by atoms with van der Waals surface area (Å²) < 4.78 is 5.15. The molecule has 1 aromatic carbocycles. The first-order valence-electron chi connectivity index (χ1n) is 8.16. The number of anilines is 1. The Kier molecular flexibility index (Phi) is 5.99. The van der Waals surface area contributed by atoms with E-state index in [0.29, 0.717) is 6.61 Å². The van der Waals surface area contributed by atoms with E-state index in [1.54, 1.807) is 6.92 Å². The fourth-order valence-electron chi connectivity index (χ4n) is 3.14. The molecule has 120 valence electrons. The molecule has 0 aromatic heterocycles. The van der Waals surface area contributed by atoms with Crippen LogP contribution in [0.2, 0.25) is 0 Å². The second-order valence-corrected chi connectivity index (χ2v) is 5.93. The van der Waals surface area contributed by atoms with E-state index in [1.807, 2.05) is 31.2 Å². The van der Waals surface area contributed by atoms with E-state index in [0.717, 1.165) is 36.9 Å². The van der Waals surface area contributed by atoms with E-state index in [-0.39, 0.29) is 17.8 Å². The van der Waals surface area contributed by atoms with Gasteiger partial charge in [-0.2, -0.15) is 0 Å². The van der Waals surface area contributed by atoms with Gasteiger partial charge < -0.3 is 10.1 Å². The first-order valence-corrected chi connectivity index (χ1v) is 8.16. The molecule has 1 aliphatic carbocycles. The monoisotopic (exact) mass is 303 g/mol. The topological polar surface area (TPSA) is 55.4 Å². The summed E-state index contributed by atoms with van der Waals surface area (Å²) in [5, 5.41) is 2.91. The number of esters is 1. The second kappa shape index (κ2) is 7.97. The molecule has 0 unspecified atom stereocenters. The molecule has 1 fully saturated rings. The molecule has 0 heterocycles. The summed E-state index contributed by atoms with van der Waals surface area (Å²) in [6.07, 6.45) is 5.19. The van der Waals surface area contributed by atoms with Gasteiger partial charge in [-0.25, -0.2) is 0 Å². The highest BCUT2D eigenvalue weighted by molar-refractivity contribution is 6.05. The van der Waals surface area contributed by atoms with Crippen LogP contribution in [0.4, 0.5) is 5.69 Å². The van der Waals surface area contributed by atoms with Gasteiger partial charge in [0.1, 0.15) is 5.92 Å². The maximum Gasteiger partial charge on any atom is 0.318 e. The summed E-state index contributed by atoms with van der Waals surface area (Å²) in [5.74, 6) is -1.23. The average molecular weight is 303 g/mol. The highest BCUT2D eigenvalue weighted by Gasteiger charge is 2.36. The van der Waals surface area contributed by atoms with Crippen LogP contribution in [-0.2, 0) is 14.3 Å². The highest BCUT2D eigenvalue weighted by Crippen LogP contribution is 2.32. The molecule has 1 atom stereocenters. The van der Waals surface area contributed by atoms with E-state index in [4.69, 9.17) is 4.74 Å². The fraction of sp³-hybridized carbons (Fsp3) is 0.556. The number of nitrogens with one attached hydrogen (secondary N) is 1. The first kappa shape index (κ1) is 16.5. The summed E-state index contributed by atoms with van der Waals surface area (Å²) in [6.45, 7) is 4.02. The maximum absolute atomic E-state index is 12.7. The van der Waals surface area contributed by atoms with Crippen LogP contribution in [0.25, 0.3) is 0 Å². The van der Waals surface area contributed by atoms with Crippen molar-refractivity contribution in [1.29, 1.82) is 0 Å². The predicted octanol–water partition coefficient (Wildman–Crippen LogP) is 3.69. The van der Waals surface area contributed by atoms with Gasteiger partial charge in [-0.1, -0.05) is 37.5 Å². The quantitative estimate of drug-likeness (QED) is 0.666. The van der Waals surface area contributed by atoms with Gasteiger partial charge in [0.2, 0.25) is 5.91 Å². The number of benzene rings is 1. The molecule has 1 saturated carbocycles. The number of hydrogen-bond acceptors (Lipinski definition) is 3. The van der Waals surface area contributed by atoms with Crippen LogP contribution in [0.1, 0.15) is 44.6 Å². The minimum atomic E-state index is -0.695. The van der Waals surface area contributed by atoms with Gasteiger partial charge in [-0.3, -0.25) is 9.59 Å². The number of carbonyl (C=O) groups is 2. The van der Waals surface area contributed by atoms with Gasteiger partial charge in [-0.05, 0) is 44.2 Å². The third kappa shape index (κ3) is 4.09. The standard InChI is InChI=1S/C18H25NO3/c1-3-22-18(21)16(14-10-5-4-6-11-14)17(20)19-15-12-8-7-9-13(15)2/h7-9,12,14,16H,3-6,10-11H2,1-2H3,(H,19,20)/t16-/m0/s1. The number of rotatable bonds is 5. The molecule has 1 amide bonds. The van der Waals surface area contributed by atoms with Crippen LogP contribution in [0, 0.1) is 18.8 Å². The van der Waals surface area contributed by atoms with Gasteiger partial charge in [-0.15, -0.1) is 0 Å². The number of amides is 1. The molecule has 2 rings (SSSR count). The summed E-state index contributed by atoms with van der Waals surface area (Å²) >= 11 is 0. The van der Waals surface area contributed by atoms with Gasteiger partial charge in [0.15, 0.2) is 0 Å². The molecule has 0 saturated heterocycles. The van der Waals surface area contributed by atoms with Gasteiger partial charge in [0.25, 0.3) is 0 Å². The zero-order chi connectivity index (χ0) is 15.9. The lowest BCUT2D eigenvalue weighted by Crippen LogP contribution is -2.38. The van der Waals surface area contributed by atoms with Crippen molar-refractivity contribution in [3.8, 4) is 0 Å². The summed E-state index contributed by atoms with van der Waals surface area (Å²) in [5.41, 5.74) is 1.75. The Morgan fingerprint density at radius 1 is 1.23 bits per heavy atom. The lowest BCUT2D eigenvalue weighted by atomic mass is 9.79. The average Bonchev–Trinajstić information content (AvgIpc) is 2.51. The predicted molar refractivity (Wildman–Crippen MR) is 86.5 cm³/mol. The first-order chi connectivity index (χ1) is 10.6. The Morgan fingerprint density at radius 3 is 2.55 bits per heavy atom. The van der Waals surface area contributed by atoms with Crippen LogP contribution in [0.5, 0.6) is 0 Å². The second-order valence-electron chi connectivity index (χ2n) is 5.93. The number of carbonyl (C=O) groups excluding carboxylic acids is 2. The van der Waals surface area contributed by atoms with E-state index in [9.17, 15) is 9.59 Å². The summed E-state index contributed by atoms with van der Waals surface area (Å²) in [6, 6.07) is 7.60. The van der Waals surface area contributed by atoms with E-state index >= 15 is 0 Å². The molecular formula is C18H25NO3. The molecule has 22 heavy (non-hydrogen) atoms. The van der Waals surface area contributed by atoms with Crippen LogP contribution in [-0.4, -0.2) is 18.5 Å². The Morgan fingerprint density at radius 2 is 1.91 bits per heavy atom. The van der Waals surface area contributed by atoms with Crippen LogP contribution < -0.4 is 5.32 Å². The SMILES string of the molecule is CCOC(=O)[C@H](C(=O)Nc1ccccc1C)C1CCCCC1. The minimum absolute atomic E-state index is 0.0943. The van der Waals surface area contributed by atoms with Gasteiger partial charge >= 0.3 is 5.97 Å². The fourth-order valence-corrected chi connectivity index (χ4v) is 3.14. The van der Waals surface area contributed by atoms with Crippen molar-refractivity contribution in [2.24, 2.45) is 11.8 Å². The molecule has 0 spiro atoms. The molecule has 4 nitrogen and oxygen atoms in total. The van der Waals surface area contributed by atoms with Crippen molar-refractivity contribution >= 4 is 17.6 Å². The lowest BCUT2D eigenvalue weighted by Gasteiger charge is -2.28. The van der Waals surface area contributed by atoms with Crippen molar-refractivity contribution in [3.05, 3.63) is 29.8 Å². The molecule has 0 aliphatic heterocycles. The molecule has 1 N–H and O–H groups in total. The molecule has 1 aromatic rings. The van der Waals surface area contributed by atoms with Gasteiger partial charge in [0.05, 0.1) is 6.61 Å². The smallest absolute Gasteiger partial charge is 0.318 e. The van der Waals surface area contributed by atoms with E-state index in [2.05, 4.69) is 5.32 Å². The summed E-state index contributed by atoms with van der Waals surface area (Å²) in [7, 11) is 0. The zero-order valence-corrected chi connectivity index (χ0v) is 13.4. The molecular weight excluding hydrogens is 278 g/mol. The van der Waals surface area contributed by atoms with E-state index in [1.165, 1.54) is 6.42 Å². The van der Waals surface area contributed by atoms with Crippen LogP contribution in [0.15, 0.2) is 24.3 Å². The van der Waals surface area contributed by atoms with Crippen molar-refractivity contribution < 1.29 is 14.3 Å². The number of hydrogen-bond donors (Lipinski definition) is 1. The molecule has 0 radical (unpaired) electrons. The van der Waals surface area contributed by atoms with Crippen molar-refractivity contribution in [3.63, 3.8) is 0 Å². The number of aryl methyl sites for hydroxylation is 1. The van der Waals surface area contributed by atoms with Crippen molar-refractivity contribution in [2.45, 2.75) is 46.0 Å². The Balaban J connectivity index is 2.14. The zero-order valence-electron chi connectivity index (χ0n) is 13.4. The normalized spacial score (nSPS) is 16.8. The van der Waals surface area contributed by atoms with Crippen molar-refractivity contribution in [1.82, 2.24) is 0 Å². The van der Waals surface area contributed by atoms with Crippen LogP contribution >= 0.6 is 0 Å². The van der Waals surface area contributed by atoms with Gasteiger partial charge in [0, 0.05) is 5.69 Å². The molecule has 1 aliphatic rings. The lowest BCUT2D eigenvalue weighted by molar-refractivity contribution is -0.153. The molecule has 0 bridgehead atoms. The number of para-hydroxylation sites is 1. The largest absolute Gasteiger partial charge is 0.465 e. The van der Waals surface area contributed by atoms with Crippen LogP contribution in [0.3, 0.4) is 0 Å². The Bertz CT molecular complexity index is 521. The summed E-state index contributed by atoms with van der Waals surface area (Å²) in [4.78, 5) is 24.9. The minimum Gasteiger partial charge on any atom is -0.465 e. The maximum atomic E-state index is 12.7. The number of ether oxygens (including phenoxy) is 1. The third-order valence-corrected chi connectivity index (χ3v) is 4.35. The Labute approximate surface area is 132 Å². The van der Waals surface area contributed by atoms with E-state index < -0.39 is 5.92 Å². The third-order valence-electron chi connectivity index (χ3n) is 4.35. The molecule has 4 heteroatoms. The van der Waals surface area contributed by atoms with Crippen molar-refractivity contribution in [2.75, 3.05) is 11.9 Å².